The van der Waals surface area contributed by atoms with Gasteiger partial charge in [0, 0.05) is 7.11 Å². The Balaban J connectivity index is 3.01. The molecule has 1 aromatic carbocycles. The van der Waals surface area contributed by atoms with Gasteiger partial charge in [0.2, 0.25) is 0 Å². The molecule has 4 nitrogen and oxygen atoms in total. The highest BCUT2D eigenvalue weighted by molar-refractivity contribution is 7.47. The molecule has 0 aliphatic heterocycles. The zero-order valence-corrected chi connectivity index (χ0v) is 19.7. The fraction of sp³-hybridized carbons (Fsp3) is 0.727. The van der Waals surface area contributed by atoms with Crippen molar-refractivity contribution < 1.29 is 18.5 Å². The normalized spacial score (nSPS) is 16.3. The van der Waals surface area contributed by atoms with Gasteiger partial charge in [0.15, 0.2) is 0 Å². The summed E-state index contributed by atoms with van der Waals surface area (Å²) >= 11 is 0. The van der Waals surface area contributed by atoms with Crippen molar-refractivity contribution in [3.8, 4) is 0 Å². The largest absolute Gasteiger partial charge is 0.472 e. The number of benzene rings is 1. The summed E-state index contributed by atoms with van der Waals surface area (Å²) in [6, 6.07) is 8.76. The van der Waals surface area contributed by atoms with E-state index in [2.05, 4.69) is 77.3 Å². The van der Waals surface area contributed by atoms with Crippen molar-refractivity contribution in [2.24, 2.45) is 5.41 Å². The van der Waals surface area contributed by atoms with Gasteiger partial charge in [-0.3, -0.25) is 9.05 Å². The fourth-order valence-corrected chi connectivity index (χ4v) is 5.11. The Morgan fingerprint density at radius 3 is 1.52 bits per heavy atom. The SMILES string of the molecule is COP(=O)(O)OC(C)(C)CC(C)(C)c1ccc(C(C)(C)CC(C)(C)C)cc1. The first-order chi connectivity index (χ1) is 11.9. The molecule has 0 spiro atoms. The molecule has 0 aliphatic carbocycles. The zero-order valence-electron chi connectivity index (χ0n) is 18.8. The summed E-state index contributed by atoms with van der Waals surface area (Å²) in [6.45, 7) is 19.3. The second kappa shape index (κ2) is 7.99. The number of phosphoric acid groups is 1. The van der Waals surface area contributed by atoms with Gasteiger partial charge in [-0.2, -0.15) is 0 Å². The molecule has 0 aromatic heterocycles. The molecule has 0 aliphatic rings. The van der Waals surface area contributed by atoms with Gasteiger partial charge in [-0.25, -0.2) is 4.57 Å². The van der Waals surface area contributed by atoms with E-state index in [1.807, 2.05) is 13.8 Å². The van der Waals surface area contributed by atoms with Gasteiger partial charge < -0.3 is 4.89 Å². The van der Waals surface area contributed by atoms with E-state index < -0.39 is 13.4 Å². The lowest BCUT2D eigenvalue weighted by Crippen LogP contribution is -2.33. The molecule has 5 heteroatoms. The molecule has 0 saturated carbocycles. The Labute approximate surface area is 166 Å². The summed E-state index contributed by atoms with van der Waals surface area (Å²) in [5.74, 6) is 0. The number of hydrogen-bond acceptors (Lipinski definition) is 3. The van der Waals surface area contributed by atoms with Crippen LogP contribution in [0.15, 0.2) is 24.3 Å². The Bertz CT molecular complexity index is 667. The van der Waals surface area contributed by atoms with Crippen LogP contribution in [0.2, 0.25) is 0 Å². The average Bonchev–Trinajstić information content (AvgIpc) is 2.42. The molecule has 1 N–H and O–H groups in total. The van der Waals surface area contributed by atoms with Gasteiger partial charge in [0.1, 0.15) is 0 Å². The van der Waals surface area contributed by atoms with Crippen LogP contribution < -0.4 is 0 Å². The summed E-state index contributed by atoms with van der Waals surface area (Å²) in [7, 11) is -2.84. The molecule has 0 saturated heterocycles. The summed E-state index contributed by atoms with van der Waals surface area (Å²) in [5.41, 5.74) is 1.86. The molecule has 27 heavy (non-hydrogen) atoms. The lowest BCUT2D eigenvalue weighted by Gasteiger charge is -2.36. The van der Waals surface area contributed by atoms with Gasteiger partial charge in [0.05, 0.1) is 5.60 Å². The highest BCUT2D eigenvalue weighted by Crippen LogP contribution is 2.49. The van der Waals surface area contributed by atoms with Crippen molar-refractivity contribution in [1.29, 1.82) is 0 Å². The monoisotopic (exact) mass is 398 g/mol. The van der Waals surface area contributed by atoms with E-state index in [4.69, 9.17) is 4.52 Å². The molecule has 0 radical (unpaired) electrons. The third-order valence-corrected chi connectivity index (χ3v) is 6.07. The van der Waals surface area contributed by atoms with E-state index in [9.17, 15) is 9.46 Å². The minimum atomic E-state index is -4.02. The second-order valence-electron chi connectivity index (χ2n) is 10.8. The maximum absolute atomic E-state index is 11.8. The Morgan fingerprint density at radius 2 is 1.19 bits per heavy atom. The van der Waals surface area contributed by atoms with Crippen molar-refractivity contribution >= 4 is 7.82 Å². The van der Waals surface area contributed by atoms with Crippen LogP contribution in [0, 0.1) is 5.41 Å². The van der Waals surface area contributed by atoms with Gasteiger partial charge in [-0.05, 0) is 54.1 Å². The fourth-order valence-electron chi connectivity index (χ4n) is 4.35. The van der Waals surface area contributed by atoms with E-state index in [-0.39, 0.29) is 16.2 Å². The van der Waals surface area contributed by atoms with E-state index in [0.29, 0.717) is 6.42 Å². The molecule has 1 atom stereocenters. The quantitative estimate of drug-likeness (QED) is 0.501. The van der Waals surface area contributed by atoms with Crippen LogP contribution in [0.1, 0.15) is 86.3 Å². The molecule has 1 aromatic rings. The standard InChI is InChI=1S/C22H39O4P/c1-19(2,3)15-20(4,5)17-11-13-18(14-12-17)21(6,7)16-22(8,9)26-27(23,24)25-10/h11-14H,15-16H2,1-10H3,(H,23,24). The molecule has 1 rings (SSSR count). The third kappa shape index (κ3) is 7.69. The Hall–Kier alpha value is -0.670. The topological polar surface area (TPSA) is 55.8 Å². The highest BCUT2D eigenvalue weighted by atomic mass is 31.2. The second-order valence-corrected chi connectivity index (χ2v) is 12.2. The molecular weight excluding hydrogens is 359 g/mol. The van der Waals surface area contributed by atoms with Crippen LogP contribution in [-0.2, 0) is 24.4 Å². The smallest absolute Gasteiger partial charge is 0.302 e. The first-order valence-electron chi connectivity index (χ1n) is 9.60. The number of phosphoric ester groups is 1. The van der Waals surface area contributed by atoms with Gasteiger partial charge >= 0.3 is 7.82 Å². The van der Waals surface area contributed by atoms with Crippen molar-refractivity contribution in [3.05, 3.63) is 35.4 Å². The molecular formula is C22H39O4P. The van der Waals surface area contributed by atoms with Crippen LogP contribution in [-0.4, -0.2) is 17.6 Å². The Morgan fingerprint density at radius 1 is 0.815 bits per heavy atom. The summed E-state index contributed by atoms with van der Waals surface area (Å²) < 4.78 is 21.7. The van der Waals surface area contributed by atoms with Crippen molar-refractivity contribution in [2.45, 2.75) is 91.6 Å². The van der Waals surface area contributed by atoms with Crippen molar-refractivity contribution in [2.75, 3.05) is 7.11 Å². The van der Waals surface area contributed by atoms with Crippen LogP contribution >= 0.6 is 7.82 Å². The molecule has 0 amide bonds. The lowest BCUT2D eigenvalue weighted by atomic mass is 9.71. The van der Waals surface area contributed by atoms with E-state index in [1.165, 1.54) is 18.2 Å². The molecule has 1 unspecified atom stereocenters. The van der Waals surface area contributed by atoms with Gasteiger partial charge in [-0.15, -0.1) is 0 Å². The lowest BCUT2D eigenvalue weighted by molar-refractivity contribution is 0.0352. The van der Waals surface area contributed by atoms with E-state index in [1.54, 1.807) is 0 Å². The first-order valence-corrected chi connectivity index (χ1v) is 11.1. The van der Waals surface area contributed by atoms with E-state index in [0.717, 1.165) is 6.42 Å². The van der Waals surface area contributed by atoms with Crippen molar-refractivity contribution in [3.63, 3.8) is 0 Å². The average molecular weight is 399 g/mol. The van der Waals surface area contributed by atoms with Gasteiger partial charge in [0.25, 0.3) is 0 Å². The maximum atomic E-state index is 11.8. The predicted molar refractivity (Wildman–Crippen MR) is 113 cm³/mol. The maximum Gasteiger partial charge on any atom is 0.472 e. The Kier molecular flexibility index (Phi) is 7.21. The van der Waals surface area contributed by atoms with E-state index >= 15 is 0 Å². The molecule has 156 valence electrons. The minimum absolute atomic E-state index is 0.102. The van der Waals surface area contributed by atoms with Crippen LogP contribution in [0.5, 0.6) is 0 Å². The molecule has 0 bridgehead atoms. The van der Waals surface area contributed by atoms with Crippen LogP contribution in [0.3, 0.4) is 0 Å². The van der Waals surface area contributed by atoms with Gasteiger partial charge in [-0.1, -0.05) is 72.7 Å². The van der Waals surface area contributed by atoms with Crippen LogP contribution in [0.4, 0.5) is 0 Å². The predicted octanol–water partition coefficient (Wildman–Crippen LogP) is 6.61. The molecule has 0 heterocycles. The first kappa shape index (κ1) is 24.4. The third-order valence-electron chi connectivity index (χ3n) is 4.88. The summed E-state index contributed by atoms with van der Waals surface area (Å²) in [5, 5.41) is 0. The molecule has 0 fully saturated rings. The minimum Gasteiger partial charge on any atom is -0.302 e. The number of hydrogen-bond donors (Lipinski definition) is 1. The summed E-state index contributed by atoms with van der Waals surface area (Å²) in [4.78, 5) is 9.66. The van der Waals surface area contributed by atoms with Crippen molar-refractivity contribution in [1.82, 2.24) is 0 Å². The zero-order chi connectivity index (χ0) is 21.3. The highest BCUT2D eigenvalue weighted by Gasteiger charge is 2.37. The number of rotatable bonds is 8. The summed E-state index contributed by atoms with van der Waals surface area (Å²) in [6.07, 6.45) is 1.69. The van der Waals surface area contributed by atoms with Crippen LogP contribution in [0.25, 0.3) is 0 Å².